The lowest BCUT2D eigenvalue weighted by Gasteiger charge is -2.37. The monoisotopic (exact) mass is 456 g/mol. The summed E-state index contributed by atoms with van der Waals surface area (Å²) in [6.07, 6.45) is 5.25. The lowest BCUT2D eigenvalue weighted by Crippen LogP contribution is -2.54. The van der Waals surface area contributed by atoms with Gasteiger partial charge in [0.25, 0.3) is 5.91 Å². The summed E-state index contributed by atoms with van der Waals surface area (Å²) in [5, 5.41) is 0. The maximum absolute atomic E-state index is 13.2. The number of pyridine rings is 1. The number of rotatable bonds is 4. The summed E-state index contributed by atoms with van der Waals surface area (Å²) in [5.41, 5.74) is 1.87. The Bertz CT molecular complexity index is 851. The highest BCUT2D eigenvalue weighted by molar-refractivity contribution is 9.10. The number of benzene rings is 1. The molecule has 0 aliphatic carbocycles. The van der Waals surface area contributed by atoms with E-state index in [9.17, 15) is 9.59 Å². The minimum atomic E-state index is -0.335. The van der Waals surface area contributed by atoms with Gasteiger partial charge in [-0.3, -0.25) is 19.5 Å². The average molecular weight is 457 g/mol. The number of nitrogens with zero attached hydrogens (tertiary/aromatic N) is 4. The molecule has 2 saturated heterocycles. The minimum Gasteiger partial charge on any atom is -0.338 e. The zero-order valence-corrected chi connectivity index (χ0v) is 17.9. The Morgan fingerprint density at radius 3 is 2.34 bits per heavy atom. The van der Waals surface area contributed by atoms with Crippen LogP contribution in [0.1, 0.15) is 28.8 Å². The molecule has 1 aromatic carbocycles. The molecule has 1 aromatic heterocycles. The van der Waals surface area contributed by atoms with Crippen molar-refractivity contribution in [3.05, 3.63) is 64.4 Å². The lowest BCUT2D eigenvalue weighted by molar-refractivity contribution is -0.137. The molecular weight excluding hydrogens is 432 g/mol. The fourth-order valence-electron chi connectivity index (χ4n) is 4.11. The van der Waals surface area contributed by atoms with Crippen LogP contribution >= 0.6 is 15.9 Å². The molecule has 0 bridgehead atoms. The van der Waals surface area contributed by atoms with E-state index in [-0.39, 0.29) is 17.9 Å². The zero-order valence-electron chi connectivity index (χ0n) is 16.3. The van der Waals surface area contributed by atoms with Crippen molar-refractivity contribution in [2.75, 3.05) is 32.7 Å². The summed E-state index contributed by atoms with van der Waals surface area (Å²) in [7, 11) is 0. The van der Waals surface area contributed by atoms with E-state index in [1.165, 1.54) is 5.56 Å². The fraction of sp³-hybridized carbons (Fsp3) is 0.409. The Hall–Kier alpha value is -2.25. The standard InChI is InChI=1S/C22H25BrN4O2/c23-19-5-3-18(4-6-19)21(28)27-11-1-2-20(27)22(29)26-14-12-25(13-15-26)16-17-7-9-24-10-8-17/h3-10,20H,1-2,11-16H2. The SMILES string of the molecule is O=C(C1CCCN1C(=O)c1ccc(Br)cc1)N1CCN(Cc2ccncc2)CC1. The first-order valence-electron chi connectivity index (χ1n) is 10.1. The first-order valence-corrected chi connectivity index (χ1v) is 10.9. The number of halogens is 1. The summed E-state index contributed by atoms with van der Waals surface area (Å²) in [6, 6.07) is 11.1. The van der Waals surface area contributed by atoms with Crippen molar-refractivity contribution in [3.8, 4) is 0 Å². The second-order valence-corrected chi connectivity index (χ2v) is 8.54. The van der Waals surface area contributed by atoms with E-state index >= 15 is 0 Å². The maximum atomic E-state index is 13.2. The van der Waals surface area contributed by atoms with Crippen molar-refractivity contribution in [2.45, 2.75) is 25.4 Å². The summed E-state index contributed by atoms with van der Waals surface area (Å²) in [5.74, 6) is 0.0428. The van der Waals surface area contributed by atoms with E-state index in [1.807, 2.05) is 53.7 Å². The van der Waals surface area contributed by atoms with Crippen LogP contribution in [-0.2, 0) is 11.3 Å². The van der Waals surface area contributed by atoms with Crippen LogP contribution in [0.2, 0.25) is 0 Å². The number of aromatic nitrogens is 1. The van der Waals surface area contributed by atoms with Gasteiger partial charge in [-0.05, 0) is 54.8 Å². The molecule has 7 heteroatoms. The number of likely N-dealkylation sites (tertiary alicyclic amines) is 1. The van der Waals surface area contributed by atoms with E-state index in [0.29, 0.717) is 25.2 Å². The van der Waals surface area contributed by atoms with Crippen LogP contribution in [0.25, 0.3) is 0 Å². The summed E-state index contributed by atoms with van der Waals surface area (Å²) >= 11 is 3.40. The van der Waals surface area contributed by atoms with E-state index in [0.717, 1.165) is 36.9 Å². The van der Waals surface area contributed by atoms with Crippen molar-refractivity contribution in [2.24, 2.45) is 0 Å². The van der Waals surface area contributed by atoms with Gasteiger partial charge in [0.05, 0.1) is 0 Å². The molecule has 1 unspecified atom stereocenters. The Morgan fingerprint density at radius 2 is 1.66 bits per heavy atom. The largest absolute Gasteiger partial charge is 0.338 e. The van der Waals surface area contributed by atoms with Crippen LogP contribution in [0.3, 0.4) is 0 Å². The fourth-order valence-corrected chi connectivity index (χ4v) is 4.37. The maximum Gasteiger partial charge on any atom is 0.254 e. The molecule has 0 spiro atoms. The topological polar surface area (TPSA) is 56.8 Å². The highest BCUT2D eigenvalue weighted by atomic mass is 79.9. The highest BCUT2D eigenvalue weighted by Gasteiger charge is 2.37. The molecule has 1 atom stereocenters. The average Bonchev–Trinajstić information content (AvgIpc) is 3.24. The van der Waals surface area contributed by atoms with E-state index < -0.39 is 0 Å². The second kappa shape index (κ2) is 9.05. The normalized spacial score (nSPS) is 20.1. The third-order valence-electron chi connectivity index (χ3n) is 5.73. The third kappa shape index (κ3) is 4.67. The van der Waals surface area contributed by atoms with Crippen molar-refractivity contribution < 1.29 is 9.59 Å². The predicted molar refractivity (Wildman–Crippen MR) is 114 cm³/mol. The van der Waals surface area contributed by atoms with Crippen LogP contribution < -0.4 is 0 Å². The van der Waals surface area contributed by atoms with Crippen LogP contribution in [-0.4, -0.2) is 70.3 Å². The van der Waals surface area contributed by atoms with Gasteiger partial charge in [-0.2, -0.15) is 0 Å². The number of carbonyl (C=O) groups is 2. The van der Waals surface area contributed by atoms with E-state index in [4.69, 9.17) is 0 Å². The highest BCUT2D eigenvalue weighted by Crippen LogP contribution is 2.23. The first kappa shape index (κ1) is 20.0. The van der Waals surface area contributed by atoms with Gasteiger partial charge in [0.15, 0.2) is 0 Å². The third-order valence-corrected chi connectivity index (χ3v) is 6.26. The van der Waals surface area contributed by atoms with E-state index in [2.05, 4.69) is 25.8 Å². The molecular formula is C22H25BrN4O2. The molecule has 152 valence electrons. The van der Waals surface area contributed by atoms with Crippen molar-refractivity contribution in [3.63, 3.8) is 0 Å². The molecule has 4 rings (SSSR count). The molecule has 0 radical (unpaired) electrons. The predicted octanol–water partition coefficient (Wildman–Crippen LogP) is 2.79. The van der Waals surface area contributed by atoms with Gasteiger partial charge in [0.1, 0.15) is 6.04 Å². The Kier molecular flexibility index (Phi) is 6.25. The Labute approximate surface area is 179 Å². The molecule has 2 fully saturated rings. The lowest BCUT2D eigenvalue weighted by atomic mass is 10.1. The molecule has 2 aromatic rings. The van der Waals surface area contributed by atoms with Gasteiger partial charge >= 0.3 is 0 Å². The first-order chi connectivity index (χ1) is 14.1. The summed E-state index contributed by atoms with van der Waals surface area (Å²) < 4.78 is 0.938. The molecule has 3 heterocycles. The zero-order chi connectivity index (χ0) is 20.2. The quantitative estimate of drug-likeness (QED) is 0.709. The van der Waals surface area contributed by atoms with Gasteiger partial charge < -0.3 is 9.80 Å². The van der Waals surface area contributed by atoms with Crippen molar-refractivity contribution in [1.29, 1.82) is 0 Å². The van der Waals surface area contributed by atoms with Gasteiger partial charge in [0.2, 0.25) is 5.91 Å². The molecule has 0 N–H and O–H groups in total. The van der Waals surface area contributed by atoms with Gasteiger partial charge in [-0.25, -0.2) is 0 Å². The van der Waals surface area contributed by atoms with Crippen molar-refractivity contribution >= 4 is 27.7 Å². The summed E-state index contributed by atoms with van der Waals surface area (Å²) in [6.45, 7) is 4.64. The smallest absolute Gasteiger partial charge is 0.254 e. The number of carbonyl (C=O) groups excluding carboxylic acids is 2. The van der Waals surface area contributed by atoms with Gasteiger partial charge in [-0.1, -0.05) is 15.9 Å². The van der Waals surface area contributed by atoms with Crippen LogP contribution in [0.15, 0.2) is 53.3 Å². The van der Waals surface area contributed by atoms with E-state index in [1.54, 1.807) is 4.90 Å². The number of hydrogen-bond acceptors (Lipinski definition) is 4. The molecule has 0 saturated carbocycles. The van der Waals surface area contributed by atoms with Gasteiger partial charge in [0, 0.05) is 61.7 Å². The molecule has 2 aliphatic rings. The van der Waals surface area contributed by atoms with Crippen LogP contribution in [0.4, 0.5) is 0 Å². The molecule has 2 amide bonds. The Balaban J connectivity index is 1.35. The van der Waals surface area contributed by atoms with Gasteiger partial charge in [-0.15, -0.1) is 0 Å². The molecule has 6 nitrogen and oxygen atoms in total. The number of amides is 2. The number of piperazine rings is 1. The summed E-state index contributed by atoms with van der Waals surface area (Å²) in [4.78, 5) is 36.2. The molecule has 29 heavy (non-hydrogen) atoms. The van der Waals surface area contributed by atoms with Crippen LogP contribution in [0.5, 0.6) is 0 Å². The minimum absolute atomic E-state index is 0.0512. The second-order valence-electron chi connectivity index (χ2n) is 7.62. The Morgan fingerprint density at radius 1 is 0.966 bits per heavy atom. The van der Waals surface area contributed by atoms with Crippen LogP contribution in [0, 0.1) is 0 Å². The number of hydrogen-bond donors (Lipinski definition) is 0. The molecule has 2 aliphatic heterocycles. The van der Waals surface area contributed by atoms with Crippen molar-refractivity contribution in [1.82, 2.24) is 19.7 Å².